The fourth-order valence-corrected chi connectivity index (χ4v) is 5.21. The van der Waals surface area contributed by atoms with E-state index >= 15 is 0 Å². The molecule has 3 heterocycles. The van der Waals surface area contributed by atoms with Crippen LogP contribution in [0.25, 0.3) is 0 Å². The van der Waals surface area contributed by atoms with E-state index in [1.165, 1.54) is 12.7 Å². The summed E-state index contributed by atoms with van der Waals surface area (Å²) in [6.07, 6.45) is 4.32. The molecule has 31 heavy (non-hydrogen) atoms. The number of phosphoric acid groups is 1. The number of hydrogen-bond acceptors (Lipinski definition) is 10. The number of ether oxygens (including phenoxy) is 1. The number of nitrogens with zero attached hydrogens (tertiary/aromatic N) is 4. The average Bonchev–Trinajstić information content (AvgIpc) is 3.04. The predicted octanol–water partition coefficient (Wildman–Crippen LogP) is 0.877. The molecular weight excluding hydrogens is 429 g/mol. The van der Waals surface area contributed by atoms with Gasteiger partial charge in [-0.15, -0.1) is 0 Å². The average molecular weight is 457 g/mol. The molecule has 13 heteroatoms. The van der Waals surface area contributed by atoms with Crippen LogP contribution in [0.5, 0.6) is 0 Å². The number of aliphatic imine (C=N–C) groups is 1. The molecule has 1 aromatic rings. The molecule has 0 amide bonds. The van der Waals surface area contributed by atoms with Gasteiger partial charge in [0.2, 0.25) is 0 Å². The number of aromatic nitrogens is 2. The third kappa shape index (κ3) is 4.34. The van der Waals surface area contributed by atoms with E-state index in [2.05, 4.69) is 19.5 Å². The van der Waals surface area contributed by atoms with Gasteiger partial charge in [-0.05, 0) is 12.8 Å². The summed E-state index contributed by atoms with van der Waals surface area (Å²) < 4.78 is 21.4. The van der Waals surface area contributed by atoms with Gasteiger partial charge in [-0.2, -0.15) is 0 Å². The Labute approximate surface area is 179 Å². The molecule has 6 N–H and O–H groups in total. The number of anilines is 1. The first-order valence-corrected chi connectivity index (χ1v) is 12.0. The molecule has 1 aromatic heterocycles. The van der Waals surface area contributed by atoms with Gasteiger partial charge >= 0.3 is 7.82 Å². The van der Waals surface area contributed by atoms with E-state index < -0.39 is 38.1 Å². The lowest BCUT2D eigenvalue weighted by molar-refractivity contribution is -0.158. The first-order chi connectivity index (χ1) is 14.7. The molecule has 0 radical (unpaired) electrons. The standard InChI is InChI=1S/C18H28N5O7P/c19-15-11-14(20-9-21-15)18(7-5-3-1-2-4-6-8-18)23(10-22-11)16-12(24)13(25)17(29-16)30-31(26,27)28/h9-10,12-13,16-17,24-25H,1-8H2,(H2,19,20,21)(H2,26,27,28). The summed E-state index contributed by atoms with van der Waals surface area (Å²) in [6, 6.07) is 0. The van der Waals surface area contributed by atoms with Crippen molar-refractivity contribution in [1.29, 1.82) is 0 Å². The summed E-state index contributed by atoms with van der Waals surface area (Å²) in [5.41, 5.74) is 6.41. The number of rotatable bonds is 3. The molecule has 1 spiro atoms. The largest absolute Gasteiger partial charge is 0.472 e. The van der Waals surface area contributed by atoms with Gasteiger partial charge in [0.25, 0.3) is 0 Å². The highest BCUT2D eigenvalue weighted by Gasteiger charge is 2.54. The van der Waals surface area contributed by atoms with Crippen molar-refractivity contribution in [1.82, 2.24) is 14.9 Å². The Hall–Kier alpha value is -1.66. The van der Waals surface area contributed by atoms with E-state index in [9.17, 15) is 14.8 Å². The van der Waals surface area contributed by atoms with Crippen LogP contribution < -0.4 is 5.73 Å². The number of phosphoric ester groups is 1. The van der Waals surface area contributed by atoms with E-state index in [0.29, 0.717) is 24.2 Å². The maximum atomic E-state index is 11.3. The zero-order chi connectivity index (χ0) is 22.2. The second-order valence-corrected chi connectivity index (χ2v) is 9.43. The molecule has 2 fully saturated rings. The Morgan fingerprint density at radius 1 is 1.10 bits per heavy atom. The van der Waals surface area contributed by atoms with Crippen LogP contribution >= 0.6 is 7.82 Å². The van der Waals surface area contributed by atoms with Crippen molar-refractivity contribution in [3.05, 3.63) is 12.0 Å². The monoisotopic (exact) mass is 457 g/mol. The Morgan fingerprint density at radius 3 is 2.39 bits per heavy atom. The van der Waals surface area contributed by atoms with E-state index in [1.54, 1.807) is 4.90 Å². The number of hydrogen-bond donors (Lipinski definition) is 5. The van der Waals surface area contributed by atoms with Crippen LogP contribution in [0, 0.1) is 0 Å². The highest BCUT2D eigenvalue weighted by molar-refractivity contribution is 7.46. The van der Waals surface area contributed by atoms with Crippen molar-refractivity contribution in [3.8, 4) is 0 Å². The van der Waals surface area contributed by atoms with Gasteiger partial charge in [0.1, 0.15) is 24.2 Å². The van der Waals surface area contributed by atoms with Gasteiger partial charge in [0.05, 0.1) is 17.6 Å². The lowest BCUT2D eigenvalue weighted by Crippen LogP contribution is -2.56. The highest BCUT2D eigenvalue weighted by atomic mass is 31.2. The fraction of sp³-hybridized carbons (Fsp3) is 0.722. The van der Waals surface area contributed by atoms with Crippen molar-refractivity contribution >= 4 is 25.7 Å². The Balaban J connectivity index is 1.74. The van der Waals surface area contributed by atoms with Gasteiger partial charge in [-0.25, -0.2) is 19.5 Å². The van der Waals surface area contributed by atoms with Crippen molar-refractivity contribution in [2.24, 2.45) is 4.99 Å². The molecule has 4 unspecified atom stereocenters. The van der Waals surface area contributed by atoms with Gasteiger partial charge < -0.3 is 35.4 Å². The van der Waals surface area contributed by atoms with Gasteiger partial charge in [-0.1, -0.05) is 38.5 Å². The maximum absolute atomic E-state index is 11.3. The normalized spacial score (nSPS) is 31.2. The maximum Gasteiger partial charge on any atom is 0.472 e. The Morgan fingerprint density at radius 2 is 1.74 bits per heavy atom. The van der Waals surface area contributed by atoms with Gasteiger partial charge in [0, 0.05) is 0 Å². The molecule has 0 aromatic carbocycles. The number of fused-ring (bicyclic) bond motifs is 2. The van der Waals surface area contributed by atoms with Crippen LogP contribution in [0.3, 0.4) is 0 Å². The van der Waals surface area contributed by atoms with Crippen LogP contribution in [0.4, 0.5) is 11.5 Å². The van der Waals surface area contributed by atoms with Crippen LogP contribution in [0.2, 0.25) is 0 Å². The summed E-state index contributed by atoms with van der Waals surface area (Å²) in [5, 5.41) is 21.0. The third-order valence-electron chi connectivity index (χ3n) is 6.24. The molecular formula is C18H28N5O7P. The lowest BCUT2D eigenvalue weighted by atomic mass is 9.80. The molecule has 3 aliphatic rings. The van der Waals surface area contributed by atoms with Gasteiger partial charge in [-0.3, -0.25) is 4.52 Å². The second kappa shape index (κ2) is 8.70. The van der Waals surface area contributed by atoms with Crippen molar-refractivity contribution in [2.45, 2.75) is 81.6 Å². The van der Waals surface area contributed by atoms with Crippen LogP contribution in [0.15, 0.2) is 11.3 Å². The van der Waals surface area contributed by atoms with Crippen molar-refractivity contribution in [2.75, 3.05) is 5.73 Å². The quantitative estimate of drug-likeness (QED) is 0.406. The molecule has 2 aliphatic heterocycles. The zero-order valence-electron chi connectivity index (χ0n) is 16.9. The summed E-state index contributed by atoms with van der Waals surface area (Å²) in [6.45, 7) is 0. The van der Waals surface area contributed by atoms with Crippen molar-refractivity contribution in [3.63, 3.8) is 0 Å². The van der Waals surface area contributed by atoms with E-state index in [-0.39, 0.29) is 5.82 Å². The van der Waals surface area contributed by atoms with E-state index in [0.717, 1.165) is 38.5 Å². The van der Waals surface area contributed by atoms with E-state index in [1.807, 2.05) is 0 Å². The molecule has 4 atom stereocenters. The molecule has 1 aliphatic carbocycles. The molecule has 12 nitrogen and oxygen atoms in total. The van der Waals surface area contributed by atoms with Crippen molar-refractivity contribution < 1.29 is 33.8 Å². The number of nitrogen functional groups attached to an aromatic ring is 1. The van der Waals surface area contributed by atoms with Gasteiger partial charge in [0.15, 0.2) is 18.3 Å². The van der Waals surface area contributed by atoms with E-state index in [4.69, 9.17) is 20.3 Å². The summed E-state index contributed by atoms with van der Waals surface area (Å²) in [5.74, 6) is 0.246. The minimum atomic E-state index is -4.95. The second-order valence-electron chi connectivity index (χ2n) is 8.23. The molecule has 1 saturated heterocycles. The number of aliphatic hydroxyl groups is 2. The summed E-state index contributed by atoms with van der Waals surface area (Å²) in [4.78, 5) is 32.9. The predicted molar refractivity (Wildman–Crippen MR) is 109 cm³/mol. The minimum absolute atomic E-state index is 0.246. The topological polar surface area (TPSA) is 184 Å². The Bertz CT molecular complexity index is 871. The molecule has 172 valence electrons. The first-order valence-electron chi connectivity index (χ1n) is 10.4. The molecule has 0 bridgehead atoms. The molecule has 1 saturated carbocycles. The minimum Gasteiger partial charge on any atom is -0.385 e. The lowest BCUT2D eigenvalue weighted by Gasteiger charge is -2.48. The number of nitrogens with two attached hydrogens (primary N) is 1. The van der Waals surface area contributed by atoms with Crippen LogP contribution in [-0.2, 0) is 19.4 Å². The number of aliphatic hydroxyl groups excluding tert-OH is 2. The van der Waals surface area contributed by atoms with Crippen LogP contribution in [-0.4, -0.2) is 65.9 Å². The Kier molecular flexibility index (Phi) is 6.32. The molecule has 4 rings (SSSR count). The fourth-order valence-electron chi connectivity index (χ4n) is 4.76. The smallest absolute Gasteiger partial charge is 0.385 e. The zero-order valence-corrected chi connectivity index (χ0v) is 17.8. The summed E-state index contributed by atoms with van der Waals surface area (Å²) in [7, 11) is -4.95. The third-order valence-corrected chi connectivity index (χ3v) is 6.72. The summed E-state index contributed by atoms with van der Waals surface area (Å²) >= 11 is 0. The SMILES string of the molecule is Nc1ncnc2c1N=CN(C1OC(OP(=O)(O)O)C(O)C1O)C21CCCCCCCC1. The highest BCUT2D eigenvalue weighted by Crippen LogP contribution is 2.49. The van der Waals surface area contributed by atoms with Crippen LogP contribution in [0.1, 0.15) is 57.1 Å². The first kappa shape index (κ1) is 22.5.